The Morgan fingerprint density at radius 1 is 1.20 bits per heavy atom. The van der Waals surface area contributed by atoms with Crippen LogP contribution in [0.5, 0.6) is 0 Å². The predicted octanol–water partition coefficient (Wildman–Crippen LogP) is 2.16. The van der Waals surface area contributed by atoms with Crippen molar-refractivity contribution in [2.45, 2.75) is 10.6 Å². The average molecular weight is 305 g/mol. The highest BCUT2D eigenvalue weighted by atomic mass is 32.2. The van der Waals surface area contributed by atoms with Crippen LogP contribution in [0.3, 0.4) is 0 Å². The van der Waals surface area contributed by atoms with E-state index in [1.165, 1.54) is 11.3 Å². The molecule has 2 aromatic rings. The van der Waals surface area contributed by atoms with E-state index in [-0.39, 0.29) is 11.7 Å². The molecular weight excluding hydrogens is 294 g/mol. The summed E-state index contributed by atoms with van der Waals surface area (Å²) in [5, 5.41) is 0. The first kappa shape index (κ1) is 12.1. The predicted molar refractivity (Wildman–Crippen MR) is 76.5 cm³/mol. The van der Waals surface area contributed by atoms with Gasteiger partial charge in [-0.1, -0.05) is 18.2 Å². The maximum Gasteiger partial charge on any atom is 0.264 e. The van der Waals surface area contributed by atoms with E-state index in [1.54, 1.807) is 23.1 Å². The zero-order valence-corrected chi connectivity index (χ0v) is 12.1. The summed E-state index contributed by atoms with van der Waals surface area (Å²) in [5.41, 5.74) is 1.47. The van der Waals surface area contributed by atoms with Gasteiger partial charge in [-0.3, -0.25) is 4.79 Å². The minimum Gasteiger partial charge on any atom is -0.334 e. The summed E-state index contributed by atoms with van der Waals surface area (Å²) in [7, 11) is -3.29. The zero-order valence-electron chi connectivity index (χ0n) is 10.5. The van der Waals surface area contributed by atoms with Crippen molar-refractivity contribution in [2.75, 3.05) is 13.1 Å². The fourth-order valence-electron chi connectivity index (χ4n) is 2.49. The molecular formula is C14H11NO3S2. The minimum atomic E-state index is -3.29. The van der Waals surface area contributed by atoms with E-state index in [4.69, 9.17) is 0 Å². The fraction of sp³-hybridized carbons (Fsp3) is 0.214. The number of hydrogen-bond donors (Lipinski definition) is 0. The van der Waals surface area contributed by atoms with Crippen LogP contribution >= 0.6 is 11.3 Å². The van der Waals surface area contributed by atoms with Crippen molar-refractivity contribution in [2.24, 2.45) is 0 Å². The topological polar surface area (TPSA) is 54.2 Å². The molecule has 1 fully saturated rings. The summed E-state index contributed by atoms with van der Waals surface area (Å²) in [6, 6.07) is 8.76. The highest BCUT2D eigenvalue weighted by Gasteiger charge is 2.33. The lowest BCUT2D eigenvalue weighted by Gasteiger charge is -2.15. The first-order chi connectivity index (χ1) is 9.56. The van der Waals surface area contributed by atoms with Gasteiger partial charge in [0.25, 0.3) is 5.91 Å². The van der Waals surface area contributed by atoms with Crippen LogP contribution in [0.15, 0.2) is 35.2 Å². The zero-order chi connectivity index (χ0) is 13.9. The van der Waals surface area contributed by atoms with Gasteiger partial charge in [-0.2, -0.15) is 0 Å². The monoisotopic (exact) mass is 305 g/mol. The van der Waals surface area contributed by atoms with E-state index >= 15 is 0 Å². The number of hydrogen-bond acceptors (Lipinski definition) is 4. The molecule has 3 heterocycles. The second kappa shape index (κ2) is 3.93. The smallest absolute Gasteiger partial charge is 0.264 e. The molecule has 1 aromatic heterocycles. The molecule has 0 N–H and O–H groups in total. The van der Waals surface area contributed by atoms with E-state index < -0.39 is 9.84 Å². The van der Waals surface area contributed by atoms with E-state index in [0.29, 0.717) is 9.77 Å². The maximum atomic E-state index is 12.3. The quantitative estimate of drug-likeness (QED) is 0.759. The summed E-state index contributed by atoms with van der Waals surface area (Å²) in [6.07, 6.45) is 0. The standard InChI is InChI=1S/C14H11NO3S2/c16-14(15-5-6-15)11-7-9-8-20(17,18)12-4-2-1-3-10(12)13(9)19-11/h1-4,7H,5-6,8H2. The molecule has 2 aliphatic rings. The number of thiophene rings is 1. The molecule has 0 unspecified atom stereocenters. The molecule has 1 saturated heterocycles. The van der Waals surface area contributed by atoms with Gasteiger partial charge in [-0.15, -0.1) is 11.3 Å². The second-order valence-electron chi connectivity index (χ2n) is 5.01. The lowest BCUT2D eigenvalue weighted by atomic mass is 10.1. The average Bonchev–Trinajstić information content (AvgIpc) is 3.18. The lowest BCUT2D eigenvalue weighted by molar-refractivity contribution is 0.0890. The fourth-order valence-corrected chi connectivity index (χ4v) is 5.41. The Labute approximate surface area is 120 Å². The van der Waals surface area contributed by atoms with Gasteiger partial charge < -0.3 is 4.90 Å². The number of carbonyl (C=O) groups is 1. The molecule has 0 radical (unpaired) electrons. The molecule has 0 bridgehead atoms. The third-order valence-corrected chi connectivity index (χ3v) is 6.48. The lowest BCUT2D eigenvalue weighted by Crippen LogP contribution is -2.11. The van der Waals surface area contributed by atoms with Crippen molar-refractivity contribution in [1.29, 1.82) is 0 Å². The summed E-state index contributed by atoms with van der Waals surface area (Å²) < 4.78 is 24.5. The number of nitrogens with zero attached hydrogens (tertiary/aromatic N) is 1. The van der Waals surface area contributed by atoms with E-state index in [9.17, 15) is 13.2 Å². The first-order valence-electron chi connectivity index (χ1n) is 6.30. The molecule has 0 spiro atoms. The van der Waals surface area contributed by atoms with E-state index in [2.05, 4.69) is 0 Å². The summed E-state index contributed by atoms with van der Waals surface area (Å²) in [5.74, 6) is 0.00243. The number of rotatable bonds is 1. The van der Waals surface area contributed by atoms with Gasteiger partial charge in [-0.05, 0) is 17.7 Å². The van der Waals surface area contributed by atoms with Gasteiger partial charge in [0.2, 0.25) is 0 Å². The molecule has 2 aliphatic heterocycles. The highest BCUT2D eigenvalue weighted by Crippen LogP contribution is 2.43. The molecule has 20 heavy (non-hydrogen) atoms. The van der Waals surface area contributed by atoms with Crippen LogP contribution in [0.2, 0.25) is 0 Å². The molecule has 6 heteroatoms. The molecule has 1 amide bonds. The maximum absolute atomic E-state index is 12.3. The Hall–Kier alpha value is -1.66. The van der Waals surface area contributed by atoms with Crippen molar-refractivity contribution in [3.8, 4) is 10.4 Å². The molecule has 0 atom stereocenters. The molecule has 0 saturated carbocycles. The summed E-state index contributed by atoms with van der Waals surface area (Å²) in [4.78, 5) is 15.8. The number of carbonyl (C=O) groups excluding carboxylic acids is 1. The van der Waals surface area contributed by atoms with Crippen LogP contribution < -0.4 is 0 Å². The third kappa shape index (κ3) is 1.72. The Bertz CT molecular complexity index is 832. The Balaban J connectivity index is 1.91. The van der Waals surface area contributed by atoms with E-state index in [1.807, 2.05) is 12.1 Å². The molecule has 4 rings (SSSR count). The molecule has 4 nitrogen and oxygen atoms in total. The molecule has 102 valence electrons. The van der Waals surface area contributed by atoms with Crippen LogP contribution in [-0.2, 0) is 15.6 Å². The first-order valence-corrected chi connectivity index (χ1v) is 8.77. The third-order valence-electron chi connectivity index (χ3n) is 3.57. The van der Waals surface area contributed by atoms with Gasteiger partial charge in [0.15, 0.2) is 9.84 Å². The SMILES string of the molecule is O=C(c1cc2c(s1)-c1ccccc1S(=O)(=O)C2)N1CC1. The summed E-state index contributed by atoms with van der Waals surface area (Å²) >= 11 is 1.40. The van der Waals surface area contributed by atoms with Gasteiger partial charge in [-0.25, -0.2) is 8.42 Å². The Kier molecular flexibility index (Phi) is 2.38. The van der Waals surface area contributed by atoms with Crippen molar-refractivity contribution < 1.29 is 13.2 Å². The number of amides is 1. The van der Waals surface area contributed by atoms with Crippen molar-refractivity contribution in [1.82, 2.24) is 4.90 Å². The van der Waals surface area contributed by atoms with Gasteiger partial charge in [0.1, 0.15) is 0 Å². The minimum absolute atomic E-state index is 0.0108. The molecule has 1 aromatic carbocycles. The highest BCUT2D eigenvalue weighted by molar-refractivity contribution is 7.91. The Morgan fingerprint density at radius 3 is 2.70 bits per heavy atom. The van der Waals surface area contributed by atoms with Crippen LogP contribution in [0.25, 0.3) is 10.4 Å². The number of sulfone groups is 1. The Morgan fingerprint density at radius 2 is 1.95 bits per heavy atom. The van der Waals surface area contributed by atoms with Gasteiger partial charge in [0.05, 0.1) is 15.5 Å². The molecule has 0 aliphatic carbocycles. The van der Waals surface area contributed by atoms with Crippen LogP contribution in [0.4, 0.5) is 0 Å². The number of benzene rings is 1. The van der Waals surface area contributed by atoms with E-state index in [0.717, 1.165) is 29.1 Å². The van der Waals surface area contributed by atoms with Crippen LogP contribution in [0.1, 0.15) is 15.2 Å². The van der Waals surface area contributed by atoms with Crippen molar-refractivity contribution in [3.63, 3.8) is 0 Å². The van der Waals surface area contributed by atoms with Gasteiger partial charge >= 0.3 is 0 Å². The van der Waals surface area contributed by atoms with Crippen molar-refractivity contribution >= 4 is 27.1 Å². The van der Waals surface area contributed by atoms with Crippen molar-refractivity contribution in [3.05, 3.63) is 40.8 Å². The number of fused-ring (bicyclic) bond motifs is 3. The van der Waals surface area contributed by atoms with Gasteiger partial charge in [0, 0.05) is 23.5 Å². The van der Waals surface area contributed by atoms with Crippen LogP contribution in [0, 0.1) is 0 Å². The summed E-state index contributed by atoms with van der Waals surface area (Å²) in [6.45, 7) is 1.60. The second-order valence-corrected chi connectivity index (χ2v) is 8.02. The normalized spacial score (nSPS) is 18.3. The largest absolute Gasteiger partial charge is 0.334 e. The van der Waals surface area contributed by atoms with Crippen LogP contribution in [-0.4, -0.2) is 32.3 Å².